The van der Waals surface area contributed by atoms with E-state index in [9.17, 15) is 4.79 Å². The molecule has 0 aliphatic heterocycles. The third-order valence-corrected chi connectivity index (χ3v) is 3.26. The lowest BCUT2D eigenvalue weighted by atomic mass is 9.79. The van der Waals surface area contributed by atoms with Crippen LogP contribution in [0.1, 0.15) is 68.1 Å². The van der Waals surface area contributed by atoms with Gasteiger partial charge in [0.25, 0.3) is 0 Å². The number of benzene rings is 1. The van der Waals surface area contributed by atoms with E-state index in [0.717, 1.165) is 31.1 Å². The molecule has 1 heteroatoms. The fourth-order valence-corrected chi connectivity index (χ4v) is 2.48. The van der Waals surface area contributed by atoms with Gasteiger partial charge in [-0.3, -0.25) is 4.79 Å². The van der Waals surface area contributed by atoms with Crippen molar-refractivity contribution in [1.29, 1.82) is 0 Å². The minimum absolute atomic E-state index is 0.149. The van der Waals surface area contributed by atoms with Gasteiger partial charge < -0.3 is 0 Å². The van der Waals surface area contributed by atoms with Crippen LogP contribution in [-0.2, 0) is 18.3 Å². The third kappa shape index (κ3) is 2.96. The van der Waals surface area contributed by atoms with Gasteiger partial charge in [-0.1, -0.05) is 53.2 Å². The molecule has 94 valence electrons. The highest BCUT2D eigenvalue weighted by Crippen LogP contribution is 2.30. The van der Waals surface area contributed by atoms with Crippen molar-refractivity contribution in [2.24, 2.45) is 0 Å². The molecule has 0 aliphatic carbocycles. The van der Waals surface area contributed by atoms with Crippen LogP contribution < -0.4 is 0 Å². The second-order valence-corrected chi connectivity index (χ2v) is 5.63. The van der Waals surface area contributed by atoms with E-state index in [1.54, 1.807) is 0 Å². The zero-order valence-corrected chi connectivity index (χ0v) is 11.8. The molecule has 0 N–H and O–H groups in total. The summed E-state index contributed by atoms with van der Waals surface area (Å²) in [5.41, 5.74) is 5.04. The Hall–Kier alpha value is -1.11. The number of rotatable bonds is 4. The van der Waals surface area contributed by atoms with Crippen molar-refractivity contribution < 1.29 is 4.79 Å². The lowest BCUT2D eigenvalue weighted by molar-refractivity contribution is 0.112. The van der Waals surface area contributed by atoms with E-state index >= 15 is 0 Å². The first-order chi connectivity index (χ1) is 7.95. The second kappa shape index (κ2) is 5.48. The zero-order chi connectivity index (χ0) is 13.1. The Morgan fingerprint density at radius 3 is 2.18 bits per heavy atom. The van der Waals surface area contributed by atoms with Crippen molar-refractivity contribution in [3.63, 3.8) is 0 Å². The Bertz CT molecular complexity index is 397. The number of carbonyl (C=O) groups excluding carboxylic acids is 1. The van der Waals surface area contributed by atoms with Gasteiger partial charge in [0.15, 0.2) is 0 Å². The topological polar surface area (TPSA) is 17.1 Å². The summed E-state index contributed by atoms with van der Waals surface area (Å²) in [7, 11) is 0. The van der Waals surface area contributed by atoms with Crippen molar-refractivity contribution in [3.8, 4) is 0 Å². The molecule has 1 aromatic rings. The van der Waals surface area contributed by atoms with Crippen LogP contribution in [0.3, 0.4) is 0 Å². The summed E-state index contributed by atoms with van der Waals surface area (Å²) in [5.74, 6) is 0. The SMILES string of the molecule is CCCc1c(C(C)(C)C)ccc(C=O)c1CC. The molecule has 1 nitrogen and oxygen atoms in total. The molecular formula is C16H24O. The molecule has 0 unspecified atom stereocenters. The van der Waals surface area contributed by atoms with E-state index in [2.05, 4.69) is 40.7 Å². The van der Waals surface area contributed by atoms with Gasteiger partial charge in [0.1, 0.15) is 6.29 Å². The lowest BCUT2D eigenvalue weighted by Gasteiger charge is -2.25. The Kier molecular flexibility index (Phi) is 4.50. The molecule has 17 heavy (non-hydrogen) atoms. The van der Waals surface area contributed by atoms with E-state index < -0.39 is 0 Å². The Morgan fingerprint density at radius 2 is 1.76 bits per heavy atom. The van der Waals surface area contributed by atoms with Crippen LogP contribution in [0.5, 0.6) is 0 Å². The monoisotopic (exact) mass is 232 g/mol. The van der Waals surface area contributed by atoms with E-state index in [4.69, 9.17) is 0 Å². The van der Waals surface area contributed by atoms with Gasteiger partial charge in [0.2, 0.25) is 0 Å². The average molecular weight is 232 g/mol. The van der Waals surface area contributed by atoms with Gasteiger partial charge in [-0.05, 0) is 34.9 Å². The van der Waals surface area contributed by atoms with Crippen LogP contribution in [0.25, 0.3) is 0 Å². The molecule has 0 aromatic heterocycles. The van der Waals surface area contributed by atoms with Crippen molar-refractivity contribution in [1.82, 2.24) is 0 Å². The summed E-state index contributed by atoms with van der Waals surface area (Å²) >= 11 is 0. The van der Waals surface area contributed by atoms with E-state index in [0.29, 0.717) is 0 Å². The molecule has 1 rings (SSSR count). The lowest BCUT2D eigenvalue weighted by Crippen LogP contribution is -2.16. The number of hydrogen-bond acceptors (Lipinski definition) is 1. The molecule has 0 aliphatic rings. The normalized spacial score (nSPS) is 11.6. The van der Waals surface area contributed by atoms with Crippen LogP contribution in [0.15, 0.2) is 12.1 Å². The predicted octanol–water partition coefficient (Wildman–Crippen LogP) is 4.31. The maximum absolute atomic E-state index is 11.1. The average Bonchev–Trinajstić information content (AvgIpc) is 2.27. The van der Waals surface area contributed by atoms with Crippen LogP contribution >= 0.6 is 0 Å². The maximum Gasteiger partial charge on any atom is 0.150 e. The fourth-order valence-electron chi connectivity index (χ4n) is 2.48. The first-order valence-corrected chi connectivity index (χ1v) is 6.56. The molecule has 0 atom stereocenters. The molecule has 0 saturated heterocycles. The first-order valence-electron chi connectivity index (χ1n) is 6.56. The van der Waals surface area contributed by atoms with E-state index in [-0.39, 0.29) is 5.41 Å². The molecule has 0 saturated carbocycles. The molecule has 0 spiro atoms. The maximum atomic E-state index is 11.1. The van der Waals surface area contributed by atoms with Crippen molar-refractivity contribution in [2.45, 2.75) is 59.3 Å². The number of hydrogen-bond donors (Lipinski definition) is 0. The van der Waals surface area contributed by atoms with Gasteiger partial charge in [-0.2, -0.15) is 0 Å². The molecule has 0 bridgehead atoms. The summed E-state index contributed by atoms with van der Waals surface area (Å²) < 4.78 is 0. The van der Waals surface area contributed by atoms with Crippen molar-refractivity contribution in [3.05, 3.63) is 34.4 Å². The molecule has 0 amide bonds. The number of carbonyl (C=O) groups is 1. The number of aldehydes is 1. The van der Waals surface area contributed by atoms with Gasteiger partial charge in [-0.25, -0.2) is 0 Å². The highest BCUT2D eigenvalue weighted by atomic mass is 16.1. The van der Waals surface area contributed by atoms with Crippen molar-refractivity contribution in [2.75, 3.05) is 0 Å². The summed E-state index contributed by atoms with van der Waals surface area (Å²) in [4.78, 5) is 11.1. The van der Waals surface area contributed by atoms with Crippen LogP contribution in [0.4, 0.5) is 0 Å². The van der Waals surface area contributed by atoms with Crippen LogP contribution in [-0.4, -0.2) is 6.29 Å². The molecule has 0 heterocycles. The summed E-state index contributed by atoms with van der Waals surface area (Å²) in [6.07, 6.45) is 4.12. The first kappa shape index (κ1) is 14.0. The van der Waals surface area contributed by atoms with E-state index in [1.165, 1.54) is 16.7 Å². The Morgan fingerprint density at radius 1 is 1.12 bits per heavy atom. The quantitative estimate of drug-likeness (QED) is 0.707. The van der Waals surface area contributed by atoms with Gasteiger partial charge >= 0.3 is 0 Å². The Balaban J connectivity index is 3.47. The summed E-state index contributed by atoms with van der Waals surface area (Å²) in [6.45, 7) is 11.0. The molecule has 0 fully saturated rings. The van der Waals surface area contributed by atoms with Crippen LogP contribution in [0, 0.1) is 0 Å². The Labute approximate surface area is 105 Å². The smallest absolute Gasteiger partial charge is 0.150 e. The summed E-state index contributed by atoms with van der Waals surface area (Å²) in [5, 5.41) is 0. The highest BCUT2D eigenvalue weighted by Gasteiger charge is 2.20. The fraction of sp³-hybridized carbons (Fsp3) is 0.562. The predicted molar refractivity (Wildman–Crippen MR) is 73.9 cm³/mol. The highest BCUT2D eigenvalue weighted by molar-refractivity contribution is 5.78. The minimum atomic E-state index is 0.149. The third-order valence-electron chi connectivity index (χ3n) is 3.26. The van der Waals surface area contributed by atoms with Gasteiger partial charge in [0.05, 0.1) is 0 Å². The summed E-state index contributed by atoms with van der Waals surface area (Å²) in [6, 6.07) is 4.11. The molecule has 1 aromatic carbocycles. The standard InChI is InChI=1S/C16H24O/c1-6-8-14-13(7-2)12(11-17)9-10-15(14)16(3,4)5/h9-11H,6-8H2,1-5H3. The minimum Gasteiger partial charge on any atom is -0.298 e. The molecule has 0 radical (unpaired) electrons. The van der Waals surface area contributed by atoms with Crippen molar-refractivity contribution >= 4 is 6.29 Å². The second-order valence-electron chi connectivity index (χ2n) is 5.63. The van der Waals surface area contributed by atoms with Gasteiger partial charge in [0, 0.05) is 5.56 Å². The van der Waals surface area contributed by atoms with E-state index in [1.807, 2.05) is 6.07 Å². The largest absolute Gasteiger partial charge is 0.298 e. The zero-order valence-electron chi connectivity index (χ0n) is 11.8. The van der Waals surface area contributed by atoms with Crippen LogP contribution in [0.2, 0.25) is 0 Å². The molecular weight excluding hydrogens is 208 g/mol. The van der Waals surface area contributed by atoms with Gasteiger partial charge in [-0.15, -0.1) is 0 Å².